The van der Waals surface area contributed by atoms with Gasteiger partial charge in [-0.25, -0.2) is 0 Å². The fourth-order valence-electron chi connectivity index (χ4n) is 2.22. The summed E-state index contributed by atoms with van der Waals surface area (Å²) in [6.45, 7) is 1.91. The standard InChI is InChI=1S/C13H16IN3O3/c1-16-6-4-9(5-7-16)15-13(18)11-8-10(17(19)20)2-3-12(11)14/h2-3,8-9H,4-7H2,1H3,(H,15,18). The van der Waals surface area contributed by atoms with Crippen LogP contribution in [-0.4, -0.2) is 41.9 Å². The Bertz CT molecular complexity index is 528. The predicted octanol–water partition coefficient (Wildman–Crippen LogP) is 2.02. The van der Waals surface area contributed by atoms with E-state index in [1.54, 1.807) is 6.07 Å². The largest absolute Gasteiger partial charge is 0.349 e. The van der Waals surface area contributed by atoms with Crippen molar-refractivity contribution in [3.63, 3.8) is 0 Å². The van der Waals surface area contributed by atoms with Gasteiger partial charge < -0.3 is 10.2 Å². The first-order valence-corrected chi connectivity index (χ1v) is 7.48. The van der Waals surface area contributed by atoms with Gasteiger partial charge in [0, 0.05) is 21.7 Å². The molecule has 1 aromatic carbocycles. The molecule has 0 spiro atoms. The molecule has 20 heavy (non-hydrogen) atoms. The highest BCUT2D eigenvalue weighted by molar-refractivity contribution is 14.1. The van der Waals surface area contributed by atoms with Gasteiger partial charge in [0.25, 0.3) is 11.6 Å². The zero-order chi connectivity index (χ0) is 14.7. The first-order valence-electron chi connectivity index (χ1n) is 6.40. The molecule has 0 aromatic heterocycles. The molecule has 108 valence electrons. The van der Waals surface area contributed by atoms with Gasteiger partial charge in [-0.05, 0) is 61.6 Å². The molecule has 0 saturated carbocycles. The number of nitrogens with one attached hydrogen (secondary N) is 1. The number of nitrogens with zero attached hydrogens (tertiary/aromatic N) is 2. The SMILES string of the molecule is CN1CCC(NC(=O)c2cc([N+](=O)[O-])ccc2I)CC1. The molecule has 1 amide bonds. The van der Waals surface area contributed by atoms with Crippen LogP contribution < -0.4 is 5.32 Å². The summed E-state index contributed by atoms with van der Waals surface area (Å²) >= 11 is 2.02. The van der Waals surface area contributed by atoms with Gasteiger partial charge in [0.1, 0.15) is 0 Å². The van der Waals surface area contributed by atoms with Crippen molar-refractivity contribution in [2.45, 2.75) is 18.9 Å². The van der Waals surface area contributed by atoms with Crippen LogP contribution in [0.25, 0.3) is 0 Å². The van der Waals surface area contributed by atoms with Gasteiger partial charge in [-0.2, -0.15) is 0 Å². The lowest BCUT2D eigenvalue weighted by atomic mass is 10.0. The summed E-state index contributed by atoms with van der Waals surface area (Å²) < 4.78 is 0.721. The van der Waals surface area contributed by atoms with E-state index in [2.05, 4.69) is 17.3 Å². The molecule has 1 heterocycles. The van der Waals surface area contributed by atoms with Crippen molar-refractivity contribution >= 4 is 34.2 Å². The minimum Gasteiger partial charge on any atom is -0.349 e. The number of likely N-dealkylation sites (tertiary alicyclic amines) is 1. The third-order valence-electron chi connectivity index (χ3n) is 3.46. The smallest absolute Gasteiger partial charge is 0.270 e. The molecule has 0 bridgehead atoms. The Morgan fingerprint density at radius 3 is 2.70 bits per heavy atom. The molecule has 0 atom stereocenters. The molecule has 1 aliphatic rings. The van der Waals surface area contributed by atoms with Crippen LogP contribution in [0.15, 0.2) is 18.2 Å². The molecule has 1 aromatic rings. The summed E-state index contributed by atoms with van der Waals surface area (Å²) in [5.74, 6) is -0.229. The van der Waals surface area contributed by atoms with Crippen LogP contribution in [0.3, 0.4) is 0 Å². The first-order chi connectivity index (χ1) is 9.47. The van der Waals surface area contributed by atoms with Crippen LogP contribution in [0.1, 0.15) is 23.2 Å². The van der Waals surface area contributed by atoms with Crippen molar-refractivity contribution < 1.29 is 9.72 Å². The van der Waals surface area contributed by atoms with E-state index in [4.69, 9.17) is 0 Å². The Morgan fingerprint density at radius 2 is 2.10 bits per heavy atom. The summed E-state index contributed by atoms with van der Waals surface area (Å²) in [5, 5.41) is 13.7. The monoisotopic (exact) mass is 389 g/mol. The lowest BCUT2D eigenvalue weighted by Gasteiger charge is -2.29. The highest BCUT2D eigenvalue weighted by Gasteiger charge is 2.21. The van der Waals surface area contributed by atoms with Gasteiger partial charge in [0.05, 0.1) is 10.5 Å². The van der Waals surface area contributed by atoms with E-state index in [1.807, 2.05) is 22.6 Å². The minimum absolute atomic E-state index is 0.0565. The average Bonchev–Trinajstić information content (AvgIpc) is 2.41. The second kappa shape index (κ2) is 6.49. The lowest BCUT2D eigenvalue weighted by molar-refractivity contribution is -0.384. The number of rotatable bonds is 3. The van der Waals surface area contributed by atoms with Crippen LogP contribution in [-0.2, 0) is 0 Å². The number of carbonyl (C=O) groups excluding carboxylic acids is 1. The fourth-order valence-corrected chi connectivity index (χ4v) is 2.80. The third-order valence-corrected chi connectivity index (χ3v) is 4.40. The number of halogens is 1. The van der Waals surface area contributed by atoms with Gasteiger partial charge >= 0.3 is 0 Å². The van der Waals surface area contributed by atoms with Gasteiger partial charge in [0.2, 0.25) is 0 Å². The van der Waals surface area contributed by atoms with Crippen molar-refractivity contribution in [2.24, 2.45) is 0 Å². The van der Waals surface area contributed by atoms with Gasteiger partial charge in [-0.1, -0.05) is 0 Å². The summed E-state index contributed by atoms with van der Waals surface area (Å²) in [7, 11) is 2.06. The molecule has 0 unspecified atom stereocenters. The Hall–Kier alpha value is -1.22. The molecule has 1 saturated heterocycles. The molecular formula is C13H16IN3O3. The molecular weight excluding hydrogens is 373 g/mol. The van der Waals surface area contributed by atoms with E-state index in [0.29, 0.717) is 5.56 Å². The maximum absolute atomic E-state index is 12.2. The Morgan fingerprint density at radius 1 is 1.45 bits per heavy atom. The molecule has 0 radical (unpaired) electrons. The molecule has 1 N–H and O–H groups in total. The number of amides is 1. The molecule has 1 fully saturated rings. The van der Waals surface area contributed by atoms with E-state index in [-0.39, 0.29) is 17.6 Å². The number of hydrogen-bond acceptors (Lipinski definition) is 4. The van der Waals surface area contributed by atoms with Crippen molar-refractivity contribution in [1.82, 2.24) is 10.2 Å². The van der Waals surface area contributed by atoms with Gasteiger partial charge in [0.15, 0.2) is 0 Å². The Balaban J connectivity index is 2.08. The van der Waals surface area contributed by atoms with E-state index in [0.717, 1.165) is 29.5 Å². The normalized spacial score (nSPS) is 16.9. The summed E-state index contributed by atoms with van der Waals surface area (Å²) in [6.07, 6.45) is 1.82. The Kier molecular flexibility index (Phi) is 4.92. The van der Waals surface area contributed by atoms with E-state index in [9.17, 15) is 14.9 Å². The average molecular weight is 389 g/mol. The van der Waals surface area contributed by atoms with E-state index >= 15 is 0 Å². The van der Waals surface area contributed by atoms with Crippen LogP contribution >= 0.6 is 22.6 Å². The highest BCUT2D eigenvalue weighted by atomic mass is 127. The van der Waals surface area contributed by atoms with Crippen molar-refractivity contribution in [1.29, 1.82) is 0 Å². The maximum atomic E-state index is 12.2. The topological polar surface area (TPSA) is 75.5 Å². The molecule has 2 rings (SSSR count). The van der Waals surface area contributed by atoms with Gasteiger partial charge in [-0.3, -0.25) is 14.9 Å². The molecule has 6 nitrogen and oxygen atoms in total. The number of carbonyl (C=O) groups is 1. The van der Waals surface area contributed by atoms with E-state index in [1.165, 1.54) is 12.1 Å². The summed E-state index contributed by atoms with van der Waals surface area (Å²) in [4.78, 5) is 24.8. The van der Waals surface area contributed by atoms with E-state index < -0.39 is 4.92 Å². The number of benzene rings is 1. The second-order valence-corrected chi connectivity index (χ2v) is 6.13. The maximum Gasteiger partial charge on any atom is 0.270 e. The molecule has 7 heteroatoms. The second-order valence-electron chi connectivity index (χ2n) is 4.97. The minimum atomic E-state index is -0.484. The number of non-ortho nitro benzene ring substituents is 1. The highest BCUT2D eigenvalue weighted by Crippen LogP contribution is 2.20. The van der Waals surface area contributed by atoms with Crippen LogP contribution in [0.5, 0.6) is 0 Å². The Labute approximate surface area is 130 Å². The lowest BCUT2D eigenvalue weighted by Crippen LogP contribution is -2.43. The fraction of sp³-hybridized carbons (Fsp3) is 0.462. The van der Waals surface area contributed by atoms with Crippen LogP contribution in [0.4, 0.5) is 5.69 Å². The summed E-state index contributed by atoms with van der Waals surface area (Å²) in [5.41, 5.74) is 0.317. The zero-order valence-corrected chi connectivity index (χ0v) is 13.3. The molecule has 0 aliphatic carbocycles. The quantitative estimate of drug-likeness (QED) is 0.488. The van der Waals surface area contributed by atoms with Crippen molar-refractivity contribution in [2.75, 3.05) is 20.1 Å². The van der Waals surface area contributed by atoms with Crippen LogP contribution in [0, 0.1) is 13.7 Å². The zero-order valence-electron chi connectivity index (χ0n) is 11.1. The number of nitro groups is 1. The number of nitro benzene ring substituents is 1. The van der Waals surface area contributed by atoms with Gasteiger partial charge in [-0.15, -0.1) is 0 Å². The summed E-state index contributed by atoms with van der Waals surface area (Å²) in [6, 6.07) is 4.50. The number of hydrogen-bond donors (Lipinski definition) is 1. The third kappa shape index (κ3) is 3.66. The predicted molar refractivity (Wildman–Crippen MR) is 83.8 cm³/mol. The van der Waals surface area contributed by atoms with Crippen LogP contribution in [0.2, 0.25) is 0 Å². The number of piperidine rings is 1. The van der Waals surface area contributed by atoms with Crippen molar-refractivity contribution in [3.05, 3.63) is 37.4 Å². The van der Waals surface area contributed by atoms with Crippen molar-refractivity contribution in [3.8, 4) is 0 Å². The molecule has 1 aliphatic heterocycles. The first kappa shape index (κ1) is 15.2.